The third-order valence-electron chi connectivity index (χ3n) is 3.80. The first kappa shape index (κ1) is 16.3. The number of fused-ring (bicyclic) bond motifs is 1. The lowest BCUT2D eigenvalue weighted by Crippen LogP contribution is -2.46. The van der Waals surface area contributed by atoms with E-state index in [4.69, 9.17) is 23.8 Å². The number of allylic oxidation sites excluding steroid dienone is 3. The Kier molecular flexibility index (Phi) is 5.67. The molecule has 6 heteroatoms. The van der Waals surface area contributed by atoms with Crippen LogP contribution >= 0.6 is 23.8 Å². The van der Waals surface area contributed by atoms with E-state index < -0.39 is 0 Å². The molecule has 0 N–H and O–H groups in total. The maximum Gasteiger partial charge on any atom is 0.241 e. The Morgan fingerprint density at radius 3 is 2.76 bits per heavy atom. The maximum absolute atomic E-state index is 12.5. The summed E-state index contributed by atoms with van der Waals surface area (Å²) in [7, 11) is 0. The summed E-state index contributed by atoms with van der Waals surface area (Å²) < 4.78 is 0. The zero-order chi connectivity index (χ0) is 15.4. The van der Waals surface area contributed by atoms with Crippen LogP contribution in [0.1, 0.15) is 20.3 Å². The van der Waals surface area contributed by atoms with E-state index in [0.29, 0.717) is 22.4 Å². The van der Waals surface area contributed by atoms with Crippen molar-refractivity contribution in [1.82, 2.24) is 9.80 Å². The number of carbonyl (C=O) groups excluding carboxylic acids is 1. The second kappa shape index (κ2) is 7.29. The molecule has 0 saturated carbocycles. The highest BCUT2D eigenvalue weighted by Gasteiger charge is 2.34. The number of amides is 1. The molecule has 114 valence electrons. The van der Waals surface area contributed by atoms with Crippen LogP contribution in [0.15, 0.2) is 28.3 Å². The quantitative estimate of drug-likeness (QED) is 0.704. The molecule has 2 rings (SSSR count). The van der Waals surface area contributed by atoms with Crippen molar-refractivity contribution in [2.75, 3.05) is 26.2 Å². The molecule has 1 aliphatic heterocycles. The van der Waals surface area contributed by atoms with Crippen molar-refractivity contribution in [2.24, 2.45) is 10.9 Å². The van der Waals surface area contributed by atoms with E-state index in [0.717, 1.165) is 26.1 Å². The third-order valence-corrected chi connectivity index (χ3v) is 4.36. The molecule has 0 aromatic heterocycles. The Bertz CT molecular complexity index is 523. The molecule has 21 heavy (non-hydrogen) atoms. The van der Waals surface area contributed by atoms with E-state index >= 15 is 0 Å². The molecule has 1 unspecified atom stereocenters. The third kappa shape index (κ3) is 3.78. The first-order valence-electron chi connectivity index (χ1n) is 7.28. The fraction of sp³-hybridized carbons (Fsp3) is 0.533. The van der Waals surface area contributed by atoms with Gasteiger partial charge >= 0.3 is 0 Å². The number of aliphatic imine (C=N–C) groups is 1. The molecule has 4 nitrogen and oxygen atoms in total. The van der Waals surface area contributed by atoms with E-state index in [2.05, 4.69) is 23.7 Å². The number of hydrogen-bond donors (Lipinski definition) is 0. The van der Waals surface area contributed by atoms with Gasteiger partial charge in [0.15, 0.2) is 0 Å². The standard InChI is InChI=1S/C15H20ClN3OS/c1-3-18(4-2)8-5-9-19-14(20)12-10-11(16)6-7-13(12)17-15(19)21/h6-7,10,12H,3-5,8-9H2,1-2H3. The van der Waals surface area contributed by atoms with Gasteiger partial charge in [-0.1, -0.05) is 25.4 Å². The van der Waals surface area contributed by atoms with Crippen LogP contribution in [0.5, 0.6) is 0 Å². The molecule has 0 spiro atoms. The van der Waals surface area contributed by atoms with Crippen molar-refractivity contribution in [1.29, 1.82) is 0 Å². The topological polar surface area (TPSA) is 35.9 Å². The Morgan fingerprint density at radius 2 is 2.10 bits per heavy atom. The van der Waals surface area contributed by atoms with Gasteiger partial charge < -0.3 is 4.90 Å². The molecule has 1 amide bonds. The number of thiocarbonyl (C=S) groups is 1. The van der Waals surface area contributed by atoms with Gasteiger partial charge in [-0.25, -0.2) is 4.99 Å². The molecule has 0 aromatic rings. The predicted octanol–water partition coefficient (Wildman–Crippen LogP) is 2.60. The fourth-order valence-corrected chi connectivity index (χ4v) is 2.98. The minimum absolute atomic E-state index is 0.0213. The van der Waals surface area contributed by atoms with Gasteiger partial charge in [0.2, 0.25) is 11.0 Å². The summed E-state index contributed by atoms with van der Waals surface area (Å²) in [6, 6.07) is 0. The number of rotatable bonds is 6. The molecule has 0 fully saturated rings. The molecule has 0 radical (unpaired) electrons. The Labute approximate surface area is 136 Å². The highest BCUT2D eigenvalue weighted by Crippen LogP contribution is 2.24. The van der Waals surface area contributed by atoms with Crippen LogP contribution in [-0.2, 0) is 4.79 Å². The molecule has 0 bridgehead atoms. The van der Waals surface area contributed by atoms with Crippen LogP contribution in [0.25, 0.3) is 0 Å². The average molecular weight is 326 g/mol. The average Bonchev–Trinajstić information content (AvgIpc) is 2.47. The van der Waals surface area contributed by atoms with Crippen LogP contribution in [0, 0.1) is 5.92 Å². The summed E-state index contributed by atoms with van der Waals surface area (Å²) >= 11 is 11.2. The summed E-state index contributed by atoms with van der Waals surface area (Å²) in [4.78, 5) is 20.8. The van der Waals surface area contributed by atoms with Crippen molar-refractivity contribution in [3.8, 4) is 0 Å². The number of carbonyl (C=O) groups is 1. The molecule has 1 aliphatic carbocycles. The lowest BCUT2D eigenvalue weighted by Gasteiger charge is -2.31. The van der Waals surface area contributed by atoms with Crippen molar-refractivity contribution >= 4 is 40.6 Å². The first-order valence-corrected chi connectivity index (χ1v) is 8.07. The molecule has 0 aromatic carbocycles. The summed E-state index contributed by atoms with van der Waals surface area (Å²) in [5, 5.41) is 0.935. The van der Waals surface area contributed by atoms with Crippen LogP contribution in [0.4, 0.5) is 0 Å². The van der Waals surface area contributed by atoms with Gasteiger partial charge in [-0.05, 0) is 56.5 Å². The van der Waals surface area contributed by atoms with Gasteiger partial charge in [-0.2, -0.15) is 0 Å². The van der Waals surface area contributed by atoms with Gasteiger partial charge in [0.25, 0.3) is 0 Å². The van der Waals surface area contributed by atoms with Crippen molar-refractivity contribution in [2.45, 2.75) is 20.3 Å². The van der Waals surface area contributed by atoms with E-state index in [1.807, 2.05) is 0 Å². The summed E-state index contributed by atoms with van der Waals surface area (Å²) in [6.07, 6.45) is 6.13. The lowest BCUT2D eigenvalue weighted by atomic mass is 9.95. The summed E-state index contributed by atoms with van der Waals surface area (Å²) in [5.41, 5.74) is 0.689. The van der Waals surface area contributed by atoms with Crippen molar-refractivity contribution < 1.29 is 4.79 Å². The van der Waals surface area contributed by atoms with E-state index in [-0.39, 0.29) is 11.8 Å². The van der Waals surface area contributed by atoms with Gasteiger partial charge in [-0.3, -0.25) is 9.69 Å². The Hall–Kier alpha value is -1.04. The molecule has 1 atom stereocenters. The lowest BCUT2D eigenvalue weighted by molar-refractivity contribution is -0.128. The van der Waals surface area contributed by atoms with Crippen LogP contribution < -0.4 is 0 Å². The van der Waals surface area contributed by atoms with Crippen LogP contribution in [0.3, 0.4) is 0 Å². The largest absolute Gasteiger partial charge is 0.304 e. The Balaban J connectivity index is 2.01. The zero-order valence-electron chi connectivity index (χ0n) is 12.4. The molecule has 1 heterocycles. The maximum atomic E-state index is 12.5. The molecule has 0 saturated heterocycles. The smallest absolute Gasteiger partial charge is 0.241 e. The second-order valence-electron chi connectivity index (χ2n) is 5.05. The van der Waals surface area contributed by atoms with E-state index in [1.54, 1.807) is 23.1 Å². The van der Waals surface area contributed by atoms with Crippen molar-refractivity contribution in [3.05, 3.63) is 23.3 Å². The SMILES string of the molecule is CCN(CC)CCCN1C(=O)C2C=C(Cl)C=CC2=NC1=S. The van der Waals surface area contributed by atoms with E-state index in [1.165, 1.54) is 0 Å². The normalized spacial score (nSPS) is 21.5. The number of nitrogens with zero attached hydrogens (tertiary/aromatic N) is 3. The van der Waals surface area contributed by atoms with Gasteiger partial charge in [0.05, 0.1) is 5.71 Å². The summed E-state index contributed by atoms with van der Waals surface area (Å²) in [5.74, 6) is -0.408. The van der Waals surface area contributed by atoms with Gasteiger partial charge in [0.1, 0.15) is 5.92 Å². The van der Waals surface area contributed by atoms with Crippen LogP contribution in [-0.4, -0.2) is 52.7 Å². The first-order chi connectivity index (χ1) is 10.1. The highest BCUT2D eigenvalue weighted by molar-refractivity contribution is 7.80. The second-order valence-corrected chi connectivity index (χ2v) is 5.85. The highest BCUT2D eigenvalue weighted by atomic mass is 35.5. The number of halogens is 1. The number of hydrogen-bond acceptors (Lipinski definition) is 3. The Morgan fingerprint density at radius 1 is 1.38 bits per heavy atom. The van der Waals surface area contributed by atoms with Crippen molar-refractivity contribution in [3.63, 3.8) is 0 Å². The fourth-order valence-electron chi connectivity index (χ4n) is 2.50. The monoisotopic (exact) mass is 325 g/mol. The van der Waals surface area contributed by atoms with Gasteiger partial charge in [-0.15, -0.1) is 0 Å². The minimum atomic E-state index is -0.386. The zero-order valence-corrected chi connectivity index (χ0v) is 14.0. The molecule has 2 aliphatic rings. The summed E-state index contributed by atoms with van der Waals surface area (Å²) in [6.45, 7) is 7.87. The molecular weight excluding hydrogens is 306 g/mol. The van der Waals surface area contributed by atoms with E-state index in [9.17, 15) is 4.79 Å². The predicted molar refractivity (Wildman–Crippen MR) is 90.7 cm³/mol. The van der Waals surface area contributed by atoms with Crippen LogP contribution in [0.2, 0.25) is 0 Å². The minimum Gasteiger partial charge on any atom is -0.304 e. The van der Waals surface area contributed by atoms with Gasteiger partial charge in [0, 0.05) is 11.6 Å². The molecular formula is C15H20ClN3OS.